The summed E-state index contributed by atoms with van der Waals surface area (Å²) in [5.74, 6) is 0. The number of rotatable bonds is 3. The van der Waals surface area contributed by atoms with E-state index in [1.807, 2.05) is 31.2 Å². The highest BCUT2D eigenvalue weighted by Gasteiger charge is 2.14. The van der Waals surface area contributed by atoms with Crippen molar-refractivity contribution in [1.82, 2.24) is 15.0 Å². The third kappa shape index (κ3) is 2.76. The zero-order valence-corrected chi connectivity index (χ0v) is 17.7. The van der Waals surface area contributed by atoms with Crippen molar-refractivity contribution in [2.45, 2.75) is 11.3 Å². The van der Waals surface area contributed by atoms with Crippen LogP contribution < -0.4 is 5.32 Å². The number of nitrogens with zero attached hydrogens (tertiary/aromatic N) is 3. The number of aromatic nitrogens is 3. The topological polar surface area (TPSA) is 50.7 Å². The van der Waals surface area contributed by atoms with E-state index in [4.69, 9.17) is 21.6 Å². The number of aryl methyl sites for hydroxylation is 1. The van der Waals surface area contributed by atoms with Crippen LogP contribution >= 0.6 is 57.4 Å². The normalized spacial score (nSPS) is 11.8. The number of thiazole rings is 3. The molecule has 4 nitrogen and oxygen atoms in total. The Balaban J connectivity index is 1.58. The van der Waals surface area contributed by atoms with Gasteiger partial charge < -0.3 is 5.32 Å². The summed E-state index contributed by atoms with van der Waals surface area (Å²) in [6.07, 6.45) is 2.05. The van der Waals surface area contributed by atoms with Gasteiger partial charge in [0.2, 0.25) is 0 Å². The molecule has 0 saturated heterocycles. The number of thioether (sulfide) groups is 1. The van der Waals surface area contributed by atoms with Crippen LogP contribution in [0.4, 0.5) is 10.3 Å². The van der Waals surface area contributed by atoms with Crippen molar-refractivity contribution in [3.05, 3.63) is 34.9 Å². The highest BCUT2D eigenvalue weighted by molar-refractivity contribution is 8.00. The van der Waals surface area contributed by atoms with Gasteiger partial charge in [0.1, 0.15) is 0 Å². The highest BCUT2D eigenvalue weighted by Crippen LogP contribution is 2.39. The van der Waals surface area contributed by atoms with Gasteiger partial charge in [-0.2, -0.15) is 0 Å². The van der Waals surface area contributed by atoms with Gasteiger partial charge in [0.05, 0.1) is 30.6 Å². The van der Waals surface area contributed by atoms with E-state index in [0.29, 0.717) is 0 Å². The van der Waals surface area contributed by atoms with Crippen LogP contribution in [-0.4, -0.2) is 21.2 Å². The monoisotopic (exact) mass is 434 g/mol. The molecule has 2 aromatic carbocycles. The fraction of sp³-hybridized carbons (Fsp3) is 0.118. The standard InChI is InChI=1S/C17H11ClN4S4/c1-7-5-8(18)6-11-12(7)21-16(24-11)22-15-19-9-3-4-10-14(13(9)25-15)26-17(20-10)23-2/h3-6H,1-2H3,(H,19,21,22). The SMILES string of the molecule is CSc1nc2ccc3nc(Nc4nc5c(C)cc(Cl)cc5s4)sc3c2s1. The van der Waals surface area contributed by atoms with Crippen molar-refractivity contribution in [1.29, 1.82) is 0 Å². The van der Waals surface area contributed by atoms with Crippen molar-refractivity contribution < 1.29 is 0 Å². The molecule has 0 aliphatic heterocycles. The number of fused-ring (bicyclic) bond motifs is 4. The lowest BCUT2D eigenvalue weighted by atomic mass is 10.2. The molecule has 130 valence electrons. The molecular formula is C17H11ClN4S4. The predicted octanol–water partition coefficient (Wildman–Crippen LogP) is 6.94. The molecule has 5 rings (SSSR count). The molecule has 9 heteroatoms. The number of benzene rings is 2. The maximum absolute atomic E-state index is 6.16. The summed E-state index contributed by atoms with van der Waals surface area (Å²) in [6, 6.07) is 7.97. The van der Waals surface area contributed by atoms with E-state index >= 15 is 0 Å². The Hall–Kier alpha value is -1.45. The molecule has 5 aromatic rings. The van der Waals surface area contributed by atoms with E-state index in [2.05, 4.69) is 16.6 Å². The van der Waals surface area contributed by atoms with Crippen molar-refractivity contribution in [3.8, 4) is 0 Å². The minimum Gasteiger partial charge on any atom is -0.307 e. The van der Waals surface area contributed by atoms with Gasteiger partial charge in [-0.1, -0.05) is 46.0 Å². The van der Waals surface area contributed by atoms with Crippen molar-refractivity contribution in [2.75, 3.05) is 11.6 Å². The van der Waals surface area contributed by atoms with Crippen LogP contribution in [0, 0.1) is 6.92 Å². The smallest absolute Gasteiger partial charge is 0.190 e. The summed E-state index contributed by atoms with van der Waals surface area (Å²) in [5.41, 5.74) is 4.09. The molecule has 0 atom stereocenters. The average Bonchev–Trinajstić information content (AvgIpc) is 3.29. The molecular weight excluding hydrogens is 424 g/mol. The largest absolute Gasteiger partial charge is 0.307 e. The maximum atomic E-state index is 6.16. The molecule has 0 saturated carbocycles. The second-order valence-electron chi connectivity index (χ2n) is 5.68. The third-order valence-electron chi connectivity index (χ3n) is 3.93. The second-order valence-corrected chi connectivity index (χ2v) is 10.2. The number of hydrogen-bond acceptors (Lipinski definition) is 8. The summed E-state index contributed by atoms with van der Waals surface area (Å²) in [6.45, 7) is 2.03. The van der Waals surface area contributed by atoms with Crippen LogP contribution in [-0.2, 0) is 0 Å². The summed E-state index contributed by atoms with van der Waals surface area (Å²) in [4.78, 5) is 14.1. The van der Waals surface area contributed by atoms with Crippen LogP contribution in [0.15, 0.2) is 28.6 Å². The molecule has 3 heterocycles. The highest BCUT2D eigenvalue weighted by atomic mass is 35.5. The fourth-order valence-corrected chi connectivity index (χ4v) is 6.83. The van der Waals surface area contributed by atoms with Gasteiger partial charge in [-0.15, -0.1) is 11.3 Å². The molecule has 0 aliphatic rings. The minimum atomic E-state index is 0.738. The Kier molecular flexibility index (Phi) is 4.06. The van der Waals surface area contributed by atoms with E-state index in [1.165, 1.54) is 9.40 Å². The number of anilines is 2. The number of hydrogen-bond donors (Lipinski definition) is 1. The minimum absolute atomic E-state index is 0.738. The van der Waals surface area contributed by atoms with Crippen LogP contribution in [0.25, 0.3) is 30.6 Å². The van der Waals surface area contributed by atoms with Gasteiger partial charge in [0.25, 0.3) is 0 Å². The Morgan fingerprint density at radius 1 is 0.962 bits per heavy atom. The Labute approximate surface area is 170 Å². The van der Waals surface area contributed by atoms with E-state index < -0.39 is 0 Å². The molecule has 0 amide bonds. The first kappa shape index (κ1) is 16.7. The zero-order chi connectivity index (χ0) is 17.8. The first-order chi connectivity index (χ1) is 12.6. The molecule has 0 unspecified atom stereocenters. The predicted molar refractivity (Wildman–Crippen MR) is 117 cm³/mol. The summed E-state index contributed by atoms with van der Waals surface area (Å²) in [7, 11) is 0. The Morgan fingerprint density at radius 2 is 1.69 bits per heavy atom. The molecule has 0 bridgehead atoms. The summed E-state index contributed by atoms with van der Waals surface area (Å²) >= 11 is 12.8. The maximum Gasteiger partial charge on any atom is 0.190 e. The number of nitrogens with one attached hydrogen (secondary N) is 1. The molecule has 0 aliphatic carbocycles. The lowest BCUT2D eigenvalue weighted by Gasteiger charge is -1.95. The first-order valence-corrected chi connectivity index (χ1v) is 11.7. The second kappa shape index (κ2) is 6.31. The number of halogens is 1. The zero-order valence-electron chi connectivity index (χ0n) is 13.7. The molecule has 26 heavy (non-hydrogen) atoms. The van der Waals surface area contributed by atoms with Gasteiger partial charge in [0, 0.05) is 5.02 Å². The van der Waals surface area contributed by atoms with Crippen molar-refractivity contribution in [2.24, 2.45) is 0 Å². The van der Waals surface area contributed by atoms with Crippen LogP contribution in [0.2, 0.25) is 5.02 Å². The van der Waals surface area contributed by atoms with E-state index in [9.17, 15) is 0 Å². The Bertz CT molecular complexity index is 1290. The molecule has 3 aromatic heterocycles. The van der Waals surface area contributed by atoms with Crippen LogP contribution in [0.1, 0.15) is 5.56 Å². The third-order valence-corrected chi connectivity index (χ3v) is 8.27. The van der Waals surface area contributed by atoms with Gasteiger partial charge >= 0.3 is 0 Å². The van der Waals surface area contributed by atoms with Crippen molar-refractivity contribution >= 4 is 98.3 Å². The summed E-state index contributed by atoms with van der Waals surface area (Å²) in [5, 5.41) is 5.77. The van der Waals surface area contributed by atoms with Crippen LogP contribution in [0.3, 0.4) is 0 Å². The van der Waals surface area contributed by atoms with E-state index in [1.54, 1.807) is 45.8 Å². The van der Waals surface area contributed by atoms with Crippen molar-refractivity contribution in [3.63, 3.8) is 0 Å². The Morgan fingerprint density at radius 3 is 2.50 bits per heavy atom. The van der Waals surface area contributed by atoms with Gasteiger partial charge in [0.15, 0.2) is 14.6 Å². The lowest BCUT2D eigenvalue weighted by Crippen LogP contribution is -1.87. The molecule has 0 radical (unpaired) electrons. The van der Waals surface area contributed by atoms with E-state index in [-0.39, 0.29) is 0 Å². The molecule has 1 N–H and O–H groups in total. The molecule has 0 spiro atoms. The van der Waals surface area contributed by atoms with Gasteiger partial charge in [-0.3, -0.25) is 0 Å². The fourth-order valence-electron chi connectivity index (χ4n) is 2.79. The summed E-state index contributed by atoms with van der Waals surface area (Å²) < 4.78 is 4.52. The first-order valence-electron chi connectivity index (χ1n) is 7.68. The molecule has 0 fully saturated rings. The van der Waals surface area contributed by atoms with Crippen LogP contribution in [0.5, 0.6) is 0 Å². The van der Waals surface area contributed by atoms with Gasteiger partial charge in [-0.25, -0.2) is 15.0 Å². The van der Waals surface area contributed by atoms with E-state index in [0.717, 1.165) is 46.4 Å². The lowest BCUT2D eigenvalue weighted by molar-refractivity contribution is 1.31. The quantitative estimate of drug-likeness (QED) is 0.311. The average molecular weight is 435 g/mol. The van der Waals surface area contributed by atoms with Gasteiger partial charge in [-0.05, 0) is 43.0 Å².